The van der Waals surface area contributed by atoms with Crippen molar-refractivity contribution in [1.82, 2.24) is 14.7 Å². The third-order valence-electron chi connectivity index (χ3n) is 4.33. The Labute approximate surface area is 116 Å². The molecule has 2 aliphatic rings. The van der Waals surface area contributed by atoms with Crippen molar-refractivity contribution in [3.05, 3.63) is 24.8 Å². The van der Waals surface area contributed by atoms with Gasteiger partial charge in [-0.1, -0.05) is 19.2 Å². The minimum Gasteiger partial charge on any atom is -0.339 e. The number of amides is 1. The highest BCUT2D eigenvalue weighted by atomic mass is 16.2. The second-order valence-electron chi connectivity index (χ2n) is 5.59. The van der Waals surface area contributed by atoms with E-state index in [9.17, 15) is 4.79 Å². The molecule has 0 bridgehead atoms. The summed E-state index contributed by atoms with van der Waals surface area (Å²) in [7, 11) is 2.18. The molecular weight excluding hydrogens is 238 g/mol. The molecule has 2 rings (SSSR count). The largest absolute Gasteiger partial charge is 0.339 e. The molecule has 0 aliphatic carbocycles. The molecule has 4 nitrogen and oxygen atoms in total. The van der Waals surface area contributed by atoms with E-state index in [4.69, 9.17) is 0 Å². The Hall–Kier alpha value is -1.13. The maximum absolute atomic E-state index is 12.0. The van der Waals surface area contributed by atoms with Crippen molar-refractivity contribution in [2.75, 3.05) is 46.3 Å². The van der Waals surface area contributed by atoms with Crippen LogP contribution in [0.3, 0.4) is 0 Å². The van der Waals surface area contributed by atoms with Crippen LogP contribution >= 0.6 is 0 Å². The standard InChI is InChI=1S/C15H25N3O/c1-4-13(2)15(19)18-7-5-14(6-8-18)17-11-9-16(3)10-12-17/h4,14H,1-2,5-12H2,3H3. The lowest BCUT2D eigenvalue weighted by molar-refractivity contribution is -0.128. The van der Waals surface area contributed by atoms with E-state index in [1.165, 1.54) is 0 Å². The molecular formula is C15H25N3O. The topological polar surface area (TPSA) is 26.8 Å². The molecule has 0 atom stereocenters. The number of piperidine rings is 1. The molecule has 1 amide bonds. The van der Waals surface area contributed by atoms with Crippen LogP contribution in [0.15, 0.2) is 24.8 Å². The van der Waals surface area contributed by atoms with Gasteiger partial charge in [0.1, 0.15) is 0 Å². The van der Waals surface area contributed by atoms with E-state index < -0.39 is 0 Å². The Morgan fingerprint density at radius 2 is 1.68 bits per heavy atom. The summed E-state index contributed by atoms with van der Waals surface area (Å²) < 4.78 is 0. The van der Waals surface area contributed by atoms with Crippen molar-refractivity contribution in [2.24, 2.45) is 0 Å². The number of likely N-dealkylation sites (N-methyl/N-ethyl adjacent to an activating group) is 1. The van der Waals surface area contributed by atoms with Crippen LogP contribution in [0.5, 0.6) is 0 Å². The second-order valence-corrected chi connectivity index (χ2v) is 5.59. The number of hydrogen-bond donors (Lipinski definition) is 0. The average Bonchev–Trinajstić information content (AvgIpc) is 2.46. The maximum Gasteiger partial charge on any atom is 0.253 e. The van der Waals surface area contributed by atoms with E-state index in [-0.39, 0.29) is 5.91 Å². The lowest BCUT2D eigenvalue weighted by Gasteiger charge is -2.42. The zero-order chi connectivity index (χ0) is 13.8. The van der Waals surface area contributed by atoms with E-state index >= 15 is 0 Å². The number of likely N-dealkylation sites (tertiary alicyclic amines) is 1. The van der Waals surface area contributed by atoms with Gasteiger partial charge in [0.05, 0.1) is 0 Å². The van der Waals surface area contributed by atoms with Crippen LogP contribution in [-0.2, 0) is 4.79 Å². The highest BCUT2D eigenvalue weighted by Crippen LogP contribution is 2.19. The van der Waals surface area contributed by atoms with Crippen LogP contribution in [-0.4, -0.2) is 73.0 Å². The molecule has 2 heterocycles. The van der Waals surface area contributed by atoms with Crippen LogP contribution in [0.4, 0.5) is 0 Å². The molecule has 0 saturated carbocycles. The van der Waals surface area contributed by atoms with Crippen molar-refractivity contribution in [3.63, 3.8) is 0 Å². The lowest BCUT2D eigenvalue weighted by atomic mass is 10.0. The summed E-state index contributed by atoms with van der Waals surface area (Å²) >= 11 is 0. The number of piperazine rings is 1. The van der Waals surface area contributed by atoms with E-state index in [2.05, 4.69) is 30.0 Å². The van der Waals surface area contributed by atoms with Crippen molar-refractivity contribution in [1.29, 1.82) is 0 Å². The van der Waals surface area contributed by atoms with Crippen LogP contribution in [0.1, 0.15) is 12.8 Å². The average molecular weight is 263 g/mol. The molecule has 0 radical (unpaired) electrons. The Kier molecular flexibility index (Phi) is 4.77. The molecule has 19 heavy (non-hydrogen) atoms. The van der Waals surface area contributed by atoms with E-state index in [0.717, 1.165) is 52.1 Å². The first-order chi connectivity index (χ1) is 9.11. The first kappa shape index (κ1) is 14.3. The predicted octanol–water partition coefficient (Wildman–Crippen LogP) is 0.967. The molecule has 0 aromatic heterocycles. The van der Waals surface area contributed by atoms with Crippen LogP contribution in [0, 0.1) is 0 Å². The first-order valence-electron chi connectivity index (χ1n) is 7.15. The fourth-order valence-corrected chi connectivity index (χ4v) is 2.91. The third kappa shape index (κ3) is 3.45. The molecule has 0 unspecified atom stereocenters. The number of carbonyl (C=O) groups is 1. The van der Waals surface area contributed by atoms with Crippen molar-refractivity contribution < 1.29 is 4.79 Å². The van der Waals surface area contributed by atoms with E-state index in [0.29, 0.717) is 11.6 Å². The van der Waals surface area contributed by atoms with Gasteiger partial charge in [-0.3, -0.25) is 9.69 Å². The van der Waals surface area contributed by atoms with Gasteiger partial charge in [-0.2, -0.15) is 0 Å². The van der Waals surface area contributed by atoms with Crippen molar-refractivity contribution in [2.45, 2.75) is 18.9 Å². The van der Waals surface area contributed by atoms with Crippen LogP contribution < -0.4 is 0 Å². The number of hydrogen-bond acceptors (Lipinski definition) is 3. The van der Waals surface area contributed by atoms with E-state index in [1.54, 1.807) is 6.08 Å². The van der Waals surface area contributed by atoms with Gasteiger partial charge in [0.15, 0.2) is 0 Å². The summed E-state index contributed by atoms with van der Waals surface area (Å²) in [5, 5.41) is 0. The molecule has 2 fully saturated rings. The lowest BCUT2D eigenvalue weighted by Crippen LogP contribution is -2.53. The van der Waals surface area contributed by atoms with Gasteiger partial charge in [0.25, 0.3) is 5.91 Å². The van der Waals surface area contributed by atoms with Gasteiger partial charge in [0.2, 0.25) is 0 Å². The van der Waals surface area contributed by atoms with Crippen LogP contribution in [0.25, 0.3) is 0 Å². The van der Waals surface area contributed by atoms with E-state index in [1.807, 2.05) is 4.90 Å². The van der Waals surface area contributed by atoms with Gasteiger partial charge in [-0.25, -0.2) is 0 Å². The number of nitrogens with zero attached hydrogens (tertiary/aromatic N) is 3. The normalized spacial score (nSPS) is 23.3. The highest BCUT2D eigenvalue weighted by molar-refractivity contribution is 5.95. The fraction of sp³-hybridized carbons (Fsp3) is 0.667. The van der Waals surface area contributed by atoms with Crippen molar-refractivity contribution >= 4 is 5.91 Å². The van der Waals surface area contributed by atoms with Gasteiger partial charge in [-0.05, 0) is 19.9 Å². The van der Waals surface area contributed by atoms with Crippen molar-refractivity contribution in [3.8, 4) is 0 Å². The minimum atomic E-state index is 0.0480. The van der Waals surface area contributed by atoms with Gasteiger partial charge < -0.3 is 9.80 Å². The fourth-order valence-electron chi connectivity index (χ4n) is 2.91. The smallest absolute Gasteiger partial charge is 0.253 e. The third-order valence-corrected chi connectivity index (χ3v) is 4.33. The summed E-state index contributed by atoms with van der Waals surface area (Å²) in [4.78, 5) is 18.9. The monoisotopic (exact) mass is 263 g/mol. The number of carbonyl (C=O) groups excluding carboxylic acids is 1. The zero-order valence-electron chi connectivity index (χ0n) is 12.0. The molecule has 4 heteroatoms. The quantitative estimate of drug-likeness (QED) is 0.561. The summed E-state index contributed by atoms with van der Waals surface area (Å²) in [5.41, 5.74) is 0.512. The molecule has 0 N–H and O–H groups in total. The first-order valence-corrected chi connectivity index (χ1v) is 7.15. The Bertz CT molecular complexity index is 350. The maximum atomic E-state index is 12.0. The minimum absolute atomic E-state index is 0.0480. The van der Waals surface area contributed by atoms with Gasteiger partial charge >= 0.3 is 0 Å². The summed E-state index contributed by atoms with van der Waals surface area (Å²) in [6.45, 7) is 13.7. The van der Waals surface area contributed by atoms with Gasteiger partial charge in [0, 0.05) is 50.9 Å². The Morgan fingerprint density at radius 3 is 2.21 bits per heavy atom. The molecule has 2 aliphatic heterocycles. The molecule has 0 aromatic rings. The highest BCUT2D eigenvalue weighted by Gasteiger charge is 2.28. The molecule has 0 spiro atoms. The Morgan fingerprint density at radius 1 is 1.11 bits per heavy atom. The Balaban J connectivity index is 1.80. The SMILES string of the molecule is C=CC(=C)C(=O)N1CCC(N2CCN(C)CC2)CC1. The second kappa shape index (κ2) is 6.35. The summed E-state index contributed by atoms with van der Waals surface area (Å²) in [6.07, 6.45) is 3.72. The predicted molar refractivity (Wildman–Crippen MR) is 78.0 cm³/mol. The molecule has 2 saturated heterocycles. The summed E-state index contributed by atoms with van der Waals surface area (Å²) in [6, 6.07) is 0.648. The summed E-state index contributed by atoms with van der Waals surface area (Å²) in [5.74, 6) is 0.0480. The van der Waals surface area contributed by atoms with Crippen LogP contribution in [0.2, 0.25) is 0 Å². The molecule has 106 valence electrons. The zero-order valence-corrected chi connectivity index (χ0v) is 12.0. The number of rotatable bonds is 3. The molecule has 0 aromatic carbocycles. The van der Waals surface area contributed by atoms with Gasteiger partial charge in [-0.15, -0.1) is 0 Å².